The maximum Gasteiger partial charge on any atom is 0.226 e. The Morgan fingerprint density at radius 3 is 3.11 bits per heavy atom. The molecule has 4 nitrogen and oxygen atoms in total. The van der Waals surface area contributed by atoms with Crippen LogP contribution in [0.15, 0.2) is 28.7 Å². The molecule has 3 rings (SSSR count). The quantitative estimate of drug-likeness (QED) is 0.882. The second-order valence-corrected chi connectivity index (χ2v) is 6.29. The number of hydrogen-bond acceptors (Lipinski definition) is 4. The summed E-state index contributed by atoms with van der Waals surface area (Å²) in [5.74, 6) is 0.793. The summed E-state index contributed by atoms with van der Waals surface area (Å²) in [5, 5.41) is 6.69. The van der Waals surface area contributed by atoms with E-state index >= 15 is 0 Å². The van der Waals surface area contributed by atoms with Gasteiger partial charge in [-0.25, -0.2) is 4.98 Å². The molecule has 0 saturated heterocycles. The summed E-state index contributed by atoms with van der Waals surface area (Å²) < 4.78 is 1.02. The summed E-state index contributed by atoms with van der Waals surface area (Å²) in [7, 11) is 1.83. The Balaban J connectivity index is 2.07. The molecule has 1 aliphatic rings. The van der Waals surface area contributed by atoms with Crippen LogP contribution in [0.2, 0.25) is 0 Å². The zero-order valence-corrected chi connectivity index (χ0v) is 12.6. The van der Waals surface area contributed by atoms with Gasteiger partial charge in [-0.05, 0) is 17.7 Å². The minimum absolute atomic E-state index is 0.0189. The predicted octanol–water partition coefficient (Wildman–Crippen LogP) is 3.42. The Hall–Kier alpha value is -1.40. The molecule has 0 radical (unpaired) electrons. The van der Waals surface area contributed by atoms with Gasteiger partial charge in [0.1, 0.15) is 5.82 Å². The van der Waals surface area contributed by atoms with Gasteiger partial charge in [-0.1, -0.05) is 39.4 Å². The van der Waals surface area contributed by atoms with E-state index in [-0.39, 0.29) is 11.8 Å². The van der Waals surface area contributed by atoms with Crippen molar-refractivity contribution in [2.45, 2.75) is 12.3 Å². The third-order valence-corrected chi connectivity index (χ3v) is 4.76. The first-order valence-corrected chi connectivity index (χ1v) is 7.52. The number of amides is 1. The van der Waals surface area contributed by atoms with Crippen molar-refractivity contribution in [3.63, 3.8) is 0 Å². The maximum absolute atomic E-state index is 11.8. The van der Waals surface area contributed by atoms with Crippen LogP contribution in [0, 0.1) is 0 Å². The van der Waals surface area contributed by atoms with Crippen LogP contribution in [0.1, 0.15) is 22.8 Å². The highest BCUT2D eigenvalue weighted by molar-refractivity contribution is 9.10. The maximum atomic E-state index is 11.8. The SMILES string of the molecule is CNc1nc2c(s1)[C@@H](c1cccc(Br)c1)CC(=O)N2. The van der Waals surface area contributed by atoms with E-state index in [1.807, 2.05) is 19.2 Å². The average molecular weight is 338 g/mol. The molecule has 1 amide bonds. The first-order valence-electron chi connectivity index (χ1n) is 5.91. The number of benzene rings is 1. The molecule has 98 valence electrons. The number of halogens is 1. The van der Waals surface area contributed by atoms with Gasteiger partial charge in [-0.3, -0.25) is 4.79 Å². The number of carbonyl (C=O) groups is 1. The van der Waals surface area contributed by atoms with Crippen molar-refractivity contribution < 1.29 is 4.79 Å². The molecular weight excluding hydrogens is 326 g/mol. The highest BCUT2D eigenvalue weighted by Crippen LogP contribution is 2.42. The van der Waals surface area contributed by atoms with Crippen LogP contribution in [0.25, 0.3) is 0 Å². The van der Waals surface area contributed by atoms with Gasteiger partial charge in [0.05, 0.1) is 4.88 Å². The molecule has 0 bridgehead atoms. The molecule has 0 spiro atoms. The van der Waals surface area contributed by atoms with E-state index in [0.717, 1.165) is 20.0 Å². The molecule has 0 fully saturated rings. The van der Waals surface area contributed by atoms with Crippen molar-refractivity contribution in [3.05, 3.63) is 39.2 Å². The van der Waals surface area contributed by atoms with Crippen molar-refractivity contribution in [2.75, 3.05) is 17.7 Å². The first-order chi connectivity index (χ1) is 9.17. The van der Waals surface area contributed by atoms with Gasteiger partial charge in [0, 0.05) is 23.9 Å². The number of aromatic nitrogens is 1. The molecule has 1 aliphatic heterocycles. The topological polar surface area (TPSA) is 54.0 Å². The van der Waals surface area contributed by atoms with Crippen molar-refractivity contribution in [3.8, 4) is 0 Å². The molecule has 6 heteroatoms. The van der Waals surface area contributed by atoms with Gasteiger partial charge in [0.15, 0.2) is 5.13 Å². The van der Waals surface area contributed by atoms with Crippen LogP contribution in [-0.4, -0.2) is 17.9 Å². The van der Waals surface area contributed by atoms with Crippen LogP contribution in [-0.2, 0) is 4.79 Å². The molecule has 19 heavy (non-hydrogen) atoms. The third kappa shape index (κ3) is 2.37. The Morgan fingerprint density at radius 1 is 1.53 bits per heavy atom. The summed E-state index contributed by atoms with van der Waals surface area (Å²) in [4.78, 5) is 17.3. The molecule has 1 aromatic heterocycles. The fourth-order valence-electron chi connectivity index (χ4n) is 2.22. The number of carbonyl (C=O) groups excluding carboxylic acids is 1. The zero-order chi connectivity index (χ0) is 13.4. The van der Waals surface area contributed by atoms with E-state index in [1.165, 1.54) is 0 Å². The zero-order valence-electron chi connectivity index (χ0n) is 10.2. The number of nitrogens with one attached hydrogen (secondary N) is 2. The van der Waals surface area contributed by atoms with Crippen molar-refractivity contribution in [1.29, 1.82) is 0 Å². The second-order valence-electron chi connectivity index (χ2n) is 4.34. The molecule has 0 aliphatic carbocycles. The highest BCUT2D eigenvalue weighted by Gasteiger charge is 2.30. The Kier molecular flexibility index (Phi) is 3.28. The fraction of sp³-hybridized carbons (Fsp3) is 0.231. The van der Waals surface area contributed by atoms with E-state index in [4.69, 9.17) is 0 Å². The predicted molar refractivity (Wildman–Crippen MR) is 80.9 cm³/mol. The normalized spacial score (nSPS) is 17.8. The van der Waals surface area contributed by atoms with E-state index in [9.17, 15) is 4.79 Å². The van der Waals surface area contributed by atoms with Crippen LogP contribution >= 0.6 is 27.3 Å². The molecule has 0 saturated carbocycles. The lowest BCUT2D eigenvalue weighted by atomic mass is 9.92. The summed E-state index contributed by atoms with van der Waals surface area (Å²) in [5.41, 5.74) is 1.14. The van der Waals surface area contributed by atoms with E-state index in [0.29, 0.717) is 12.2 Å². The smallest absolute Gasteiger partial charge is 0.226 e. The number of nitrogens with zero attached hydrogens (tertiary/aromatic N) is 1. The largest absolute Gasteiger partial charge is 0.365 e. The Labute approximate surface area is 123 Å². The lowest BCUT2D eigenvalue weighted by Gasteiger charge is -2.21. The standard InChI is InChI=1S/C13H12BrN3OS/c1-15-13-17-12-11(19-13)9(6-10(18)16-12)7-3-2-4-8(14)5-7/h2-5,9H,6H2,1H3,(H,15,17)(H,16,18)/t9-/m1/s1. The Bertz CT molecular complexity index is 641. The molecule has 1 atom stereocenters. The minimum Gasteiger partial charge on any atom is -0.365 e. The van der Waals surface area contributed by atoms with Gasteiger partial charge in [-0.2, -0.15) is 0 Å². The second kappa shape index (κ2) is 4.94. The lowest BCUT2D eigenvalue weighted by molar-refractivity contribution is -0.116. The molecular formula is C13H12BrN3OS. The van der Waals surface area contributed by atoms with E-state index in [2.05, 4.69) is 43.7 Å². The molecule has 2 heterocycles. The van der Waals surface area contributed by atoms with Crippen molar-refractivity contribution in [1.82, 2.24) is 4.98 Å². The van der Waals surface area contributed by atoms with Gasteiger partial charge in [-0.15, -0.1) is 0 Å². The summed E-state index contributed by atoms with van der Waals surface area (Å²) in [6, 6.07) is 8.09. The van der Waals surface area contributed by atoms with Crippen LogP contribution in [0.4, 0.5) is 10.9 Å². The number of hydrogen-bond donors (Lipinski definition) is 2. The van der Waals surface area contributed by atoms with Crippen LogP contribution in [0.3, 0.4) is 0 Å². The van der Waals surface area contributed by atoms with Gasteiger partial charge < -0.3 is 10.6 Å². The monoisotopic (exact) mass is 337 g/mol. The molecule has 2 N–H and O–H groups in total. The van der Waals surface area contributed by atoms with Gasteiger partial charge in [0.2, 0.25) is 5.91 Å². The summed E-state index contributed by atoms with van der Waals surface area (Å²) >= 11 is 5.07. The first kappa shape index (κ1) is 12.6. The van der Waals surface area contributed by atoms with Crippen LogP contribution in [0.5, 0.6) is 0 Å². The van der Waals surface area contributed by atoms with Gasteiger partial charge >= 0.3 is 0 Å². The third-order valence-electron chi connectivity index (χ3n) is 3.08. The molecule has 0 unspecified atom stereocenters. The minimum atomic E-state index is 0.0189. The molecule has 2 aromatic rings. The van der Waals surface area contributed by atoms with Crippen molar-refractivity contribution in [2.24, 2.45) is 0 Å². The summed E-state index contributed by atoms with van der Waals surface area (Å²) in [6.07, 6.45) is 0.467. The number of rotatable bonds is 2. The average Bonchev–Trinajstić information content (AvgIpc) is 2.80. The number of thiazole rings is 1. The lowest BCUT2D eigenvalue weighted by Crippen LogP contribution is -2.22. The van der Waals surface area contributed by atoms with E-state index < -0.39 is 0 Å². The fourth-order valence-corrected chi connectivity index (χ4v) is 3.64. The van der Waals surface area contributed by atoms with E-state index in [1.54, 1.807) is 11.3 Å². The number of fused-ring (bicyclic) bond motifs is 1. The van der Waals surface area contributed by atoms with Crippen molar-refractivity contribution >= 4 is 44.1 Å². The Morgan fingerprint density at radius 2 is 2.37 bits per heavy atom. The summed E-state index contributed by atoms with van der Waals surface area (Å²) in [6.45, 7) is 0. The van der Waals surface area contributed by atoms with Gasteiger partial charge in [0.25, 0.3) is 0 Å². The number of anilines is 2. The molecule has 1 aromatic carbocycles. The van der Waals surface area contributed by atoms with Crippen LogP contribution < -0.4 is 10.6 Å². The highest BCUT2D eigenvalue weighted by atomic mass is 79.9.